The molecule has 0 bridgehead atoms. The molecule has 0 heterocycles. The van der Waals surface area contributed by atoms with Gasteiger partial charge in [0.05, 0.1) is 0 Å². The van der Waals surface area contributed by atoms with Crippen molar-refractivity contribution < 1.29 is 0 Å². The molecule has 0 aliphatic heterocycles. The van der Waals surface area contributed by atoms with Crippen LogP contribution in [0.25, 0.3) is 0 Å². The van der Waals surface area contributed by atoms with Crippen LogP contribution in [0.2, 0.25) is 0 Å². The summed E-state index contributed by atoms with van der Waals surface area (Å²) in [7, 11) is 0. The van der Waals surface area contributed by atoms with Crippen LogP contribution in [-0.2, 0) is 0 Å². The van der Waals surface area contributed by atoms with E-state index in [1.165, 1.54) is 0 Å². The van der Waals surface area contributed by atoms with Crippen LogP contribution in [0.1, 0.15) is 12.8 Å². The van der Waals surface area contributed by atoms with E-state index in [0.29, 0.717) is 0 Å². The van der Waals surface area contributed by atoms with E-state index in [4.69, 9.17) is 0 Å². The molecule has 0 saturated heterocycles. The van der Waals surface area contributed by atoms with Crippen molar-refractivity contribution in [1.82, 2.24) is 0 Å². The molecule has 0 spiro atoms. The SMILES string of the molecule is [C]1=C/C=C/C=C\C=C\C=C\C=C\C=C/C=C/C=C/C=C/C=C\C=C\CC/1. The Morgan fingerprint density at radius 1 is 0.346 bits per heavy atom. The minimum Gasteiger partial charge on any atom is -0.0842 e. The lowest BCUT2D eigenvalue weighted by molar-refractivity contribution is 1.03. The molecule has 0 unspecified atom stereocenters. The number of rotatable bonds is 0. The molecule has 1 aliphatic carbocycles. The lowest BCUT2D eigenvalue weighted by atomic mass is 10.2. The van der Waals surface area contributed by atoms with Gasteiger partial charge in [0.1, 0.15) is 0 Å². The molecule has 0 nitrogen and oxygen atoms in total. The number of allylic oxidation sites excluding steroid dienone is 24. The predicted molar refractivity (Wildman–Crippen MR) is 118 cm³/mol. The van der Waals surface area contributed by atoms with Crippen LogP contribution in [0, 0.1) is 6.08 Å². The van der Waals surface area contributed by atoms with E-state index < -0.39 is 0 Å². The minimum atomic E-state index is 0.927. The second kappa shape index (κ2) is 18.2. The fraction of sp³-hybridized carbons (Fsp3) is 0.0769. The molecule has 0 saturated carbocycles. The highest BCUT2D eigenvalue weighted by molar-refractivity contribution is 5.23. The topological polar surface area (TPSA) is 0 Å². The molecule has 0 atom stereocenters. The first-order valence-corrected chi connectivity index (χ1v) is 8.88. The third kappa shape index (κ3) is 15.8. The highest BCUT2D eigenvalue weighted by atomic mass is 13.8. The van der Waals surface area contributed by atoms with Gasteiger partial charge in [-0.3, -0.25) is 0 Å². The smallest absolute Gasteiger partial charge is 0.0241 e. The Morgan fingerprint density at radius 3 is 1.04 bits per heavy atom. The van der Waals surface area contributed by atoms with E-state index in [1.54, 1.807) is 0 Å². The Labute approximate surface area is 159 Å². The Kier molecular flexibility index (Phi) is 14.7. The fourth-order valence-corrected chi connectivity index (χ4v) is 1.77. The van der Waals surface area contributed by atoms with Gasteiger partial charge in [0.2, 0.25) is 0 Å². The van der Waals surface area contributed by atoms with E-state index in [9.17, 15) is 0 Å². The lowest BCUT2D eigenvalue weighted by Crippen LogP contribution is -1.64. The second-order valence-corrected chi connectivity index (χ2v) is 5.19. The van der Waals surface area contributed by atoms with E-state index in [2.05, 4.69) is 18.2 Å². The van der Waals surface area contributed by atoms with Gasteiger partial charge in [-0.25, -0.2) is 0 Å². The summed E-state index contributed by atoms with van der Waals surface area (Å²) in [6.45, 7) is 0. The predicted octanol–water partition coefficient (Wildman–Crippen LogP) is 7.26. The van der Waals surface area contributed by atoms with E-state index in [0.717, 1.165) is 12.8 Å². The Bertz CT molecular complexity index is 628. The maximum atomic E-state index is 3.25. The lowest BCUT2D eigenvalue weighted by Gasteiger charge is -1.83. The first-order chi connectivity index (χ1) is 13.0. The monoisotopic (exact) mass is 339 g/mol. The quantitative estimate of drug-likeness (QED) is 0.436. The molecule has 1 radical (unpaired) electrons. The van der Waals surface area contributed by atoms with Crippen molar-refractivity contribution in [3.8, 4) is 0 Å². The van der Waals surface area contributed by atoms with Gasteiger partial charge in [0.15, 0.2) is 0 Å². The normalized spacial score (nSPS) is 31.4. The van der Waals surface area contributed by atoms with Gasteiger partial charge in [-0.05, 0) is 18.9 Å². The molecular formula is C26H27. The van der Waals surface area contributed by atoms with Crippen molar-refractivity contribution >= 4 is 0 Å². The first-order valence-electron chi connectivity index (χ1n) is 8.88. The highest BCUT2D eigenvalue weighted by Gasteiger charge is 1.74. The largest absolute Gasteiger partial charge is 0.0842 e. The first kappa shape index (κ1) is 20.9. The van der Waals surface area contributed by atoms with Crippen molar-refractivity contribution in [2.75, 3.05) is 0 Å². The number of hydrogen-bond donors (Lipinski definition) is 0. The molecule has 1 rings (SSSR count). The summed E-state index contributed by atoms with van der Waals surface area (Å²) in [6.07, 6.45) is 51.5. The average molecular weight is 340 g/mol. The molecule has 0 heteroatoms. The highest BCUT2D eigenvalue weighted by Crippen LogP contribution is 1.94. The van der Waals surface area contributed by atoms with Crippen molar-refractivity contribution in [3.63, 3.8) is 0 Å². The third-order valence-corrected chi connectivity index (χ3v) is 3.03. The Morgan fingerprint density at radius 2 is 0.654 bits per heavy atom. The minimum absolute atomic E-state index is 0.927. The van der Waals surface area contributed by atoms with Gasteiger partial charge in [-0.1, -0.05) is 140 Å². The molecule has 0 aromatic rings. The summed E-state index contributed by atoms with van der Waals surface area (Å²) in [4.78, 5) is 0. The molecule has 0 aromatic heterocycles. The van der Waals surface area contributed by atoms with Crippen molar-refractivity contribution in [1.29, 1.82) is 0 Å². The van der Waals surface area contributed by atoms with Crippen LogP contribution in [-0.4, -0.2) is 0 Å². The molecule has 26 heavy (non-hydrogen) atoms. The van der Waals surface area contributed by atoms with Crippen LogP contribution in [0.4, 0.5) is 0 Å². The third-order valence-electron chi connectivity index (χ3n) is 3.03. The van der Waals surface area contributed by atoms with Crippen molar-refractivity contribution in [2.45, 2.75) is 12.8 Å². The maximum absolute atomic E-state index is 3.25. The van der Waals surface area contributed by atoms with Gasteiger partial charge in [0, 0.05) is 0 Å². The van der Waals surface area contributed by atoms with Crippen LogP contribution < -0.4 is 0 Å². The van der Waals surface area contributed by atoms with Crippen LogP contribution in [0.3, 0.4) is 0 Å². The number of hydrogen-bond acceptors (Lipinski definition) is 0. The van der Waals surface area contributed by atoms with Crippen LogP contribution in [0.5, 0.6) is 0 Å². The molecule has 0 N–H and O–H groups in total. The zero-order valence-electron chi connectivity index (χ0n) is 15.2. The maximum Gasteiger partial charge on any atom is -0.0241 e. The zero-order valence-corrected chi connectivity index (χ0v) is 15.2. The van der Waals surface area contributed by atoms with Crippen molar-refractivity contribution in [3.05, 3.63) is 146 Å². The summed E-state index contributed by atoms with van der Waals surface area (Å²) in [5.74, 6) is 0. The standard InChI is InChI=1S/C26H27/c1-2-4-6-8-10-12-14-16-18-20-22-24-26-25-23-21-19-17-15-13-11-9-7-5-3-1/h1-23H,24,26H2/b2-1-,5-3+,6-4+,9-7+,10-8+,13-11+,14-12+,17-15-,18-16-,21-19+,22-20+,25-23?. The summed E-state index contributed by atoms with van der Waals surface area (Å²) in [6, 6.07) is 0. The average Bonchev–Trinajstić information content (AvgIpc) is 2.65. The van der Waals surface area contributed by atoms with E-state index >= 15 is 0 Å². The molecular weight excluding hydrogens is 312 g/mol. The second-order valence-electron chi connectivity index (χ2n) is 5.19. The van der Waals surface area contributed by atoms with Crippen LogP contribution in [0.15, 0.2) is 140 Å². The fourth-order valence-electron chi connectivity index (χ4n) is 1.77. The molecule has 0 aromatic carbocycles. The van der Waals surface area contributed by atoms with Gasteiger partial charge in [-0.15, -0.1) is 0 Å². The summed E-state index contributed by atoms with van der Waals surface area (Å²) in [5.41, 5.74) is 0. The van der Waals surface area contributed by atoms with E-state index in [1.807, 2.05) is 128 Å². The van der Waals surface area contributed by atoms with E-state index in [-0.39, 0.29) is 0 Å². The molecule has 131 valence electrons. The Balaban J connectivity index is 2.61. The Hall–Kier alpha value is -3.12. The van der Waals surface area contributed by atoms with Gasteiger partial charge >= 0.3 is 0 Å². The van der Waals surface area contributed by atoms with Crippen molar-refractivity contribution in [2.24, 2.45) is 0 Å². The van der Waals surface area contributed by atoms with Gasteiger partial charge in [-0.2, -0.15) is 0 Å². The molecule has 0 amide bonds. The van der Waals surface area contributed by atoms with Gasteiger partial charge in [0.25, 0.3) is 0 Å². The summed E-state index contributed by atoms with van der Waals surface area (Å²) < 4.78 is 0. The molecule has 1 aliphatic rings. The summed E-state index contributed by atoms with van der Waals surface area (Å²) in [5, 5.41) is 0. The zero-order chi connectivity index (χ0) is 18.4. The van der Waals surface area contributed by atoms with Gasteiger partial charge < -0.3 is 0 Å². The van der Waals surface area contributed by atoms with Crippen LogP contribution >= 0.6 is 0 Å². The summed E-state index contributed by atoms with van der Waals surface area (Å²) >= 11 is 0. The molecule has 0 fully saturated rings.